The third-order valence-corrected chi connectivity index (χ3v) is 4.28. The summed E-state index contributed by atoms with van der Waals surface area (Å²) in [6, 6.07) is 3.30. The number of aromatic nitrogens is 3. The minimum atomic E-state index is -3.72. The molecule has 0 aliphatic carbocycles. The molecule has 0 saturated carbocycles. The number of aliphatic hydroxyl groups excluding tert-OH is 1. The van der Waals surface area contributed by atoms with Gasteiger partial charge in [0.25, 0.3) is 0 Å². The zero-order valence-electron chi connectivity index (χ0n) is 11.1. The first-order valence-corrected chi connectivity index (χ1v) is 7.74. The van der Waals surface area contributed by atoms with Gasteiger partial charge in [0.1, 0.15) is 5.82 Å². The largest absolute Gasteiger partial charge is 0.392 e. The highest BCUT2D eigenvalue weighted by Gasteiger charge is 2.15. The molecule has 2 aromatic rings. The smallest absolute Gasteiger partial charge is 0.240 e. The van der Waals surface area contributed by atoms with Gasteiger partial charge in [0.05, 0.1) is 17.7 Å². The lowest BCUT2D eigenvalue weighted by Crippen LogP contribution is -2.25. The number of nitrogens with one attached hydrogen (secondary N) is 1. The van der Waals surface area contributed by atoms with Gasteiger partial charge in [-0.1, -0.05) is 5.21 Å². The van der Waals surface area contributed by atoms with Crippen molar-refractivity contribution in [2.75, 3.05) is 6.54 Å². The van der Waals surface area contributed by atoms with Gasteiger partial charge in [-0.3, -0.25) is 4.68 Å². The summed E-state index contributed by atoms with van der Waals surface area (Å²) < 4.78 is 41.3. The van der Waals surface area contributed by atoms with Crippen molar-refractivity contribution >= 4 is 10.0 Å². The molecule has 0 aliphatic rings. The molecule has 9 heteroatoms. The van der Waals surface area contributed by atoms with Gasteiger partial charge in [-0.15, -0.1) is 5.10 Å². The molecule has 1 heterocycles. The zero-order valence-corrected chi connectivity index (χ0v) is 11.9. The molecule has 0 saturated heterocycles. The molecule has 0 spiro atoms. The maximum Gasteiger partial charge on any atom is 0.240 e. The summed E-state index contributed by atoms with van der Waals surface area (Å²) in [6.07, 6.45) is 3.76. The Kier molecular flexibility index (Phi) is 4.99. The fourth-order valence-electron chi connectivity index (χ4n) is 1.72. The Morgan fingerprint density at radius 3 is 2.86 bits per heavy atom. The van der Waals surface area contributed by atoms with Crippen molar-refractivity contribution < 1.29 is 17.9 Å². The van der Waals surface area contributed by atoms with E-state index in [4.69, 9.17) is 5.11 Å². The van der Waals surface area contributed by atoms with Crippen molar-refractivity contribution in [1.29, 1.82) is 0 Å². The van der Waals surface area contributed by atoms with E-state index >= 15 is 0 Å². The molecule has 0 aliphatic heterocycles. The summed E-state index contributed by atoms with van der Waals surface area (Å²) in [4.78, 5) is -0.0753. The van der Waals surface area contributed by atoms with Crippen LogP contribution in [-0.2, 0) is 23.2 Å². The number of halogens is 1. The molecule has 2 N–H and O–H groups in total. The molecule has 7 nitrogen and oxygen atoms in total. The van der Waals surface area contributed by atoms with Gasteiger partial charge in [0, 0.05) is 24.8 Å². The molecule has 1 aromatic heterocycles. The Bertz CT molecular complexity index is 689. The van der Waals surface area contributed by atoms with Crippen LogP contribution >= 0.6 is 0 Å². The van der Waals surface area contributed by atoms with Crippen LogP contribution in [0.25, 0.3) is 0 Å². The van der Waals surface area contributed by atoms with Crippen LogP contribution in [0.1, 0.15) is 12.0 Å². The van der Waals surface area contributed by atoms with E-state index < -0.39 is 22.4 Å². The van der Waals surface area contributed by atoms with Crippen LogP contribution in [0.5, 0.6) is 0 Å². The molecule has 114 valence electrons. The van der Waals surface area contributed by atoms with Crippen LogP contribution in [-0.4, -0.2) is 35.1 Å². The van der Waals surface area contributed by atoms with E-state index in [1.54, 1.807) is 17.1 Å². The van der Waals surface area contributed by atoms with E-state index in [0.717, 1.165) is 18.2 Å². The van der Waals surface area contributed by atoms with Gasteiger partial charge >= 0.3 is 0 Å². The van der Waals surface area contributed by atoms with E-state index in [1.807, 2.05) is 0 Å². The second-order valence-corrected chi connectivity index (χ2v) is 6.10. The van der Waals surface area contributed by atoms with Crippen LogP contribution in [0.3, 0.4) is 0 Å². The number of benzene rings is 1. The standard InChI is InChI=1S/C12H15FN4O3S/c13-12-3-2-11(8-10(12)9-18)21(19,20)15-4-1-6-17-7-5-14-16-17/h2-3,5,7-8,15,18H,1,4,6,9H2. The van der Waals surface area contributed by atoms with Crippen LogP contribution in [0, 0.1) is 5.82 Å². The molecule has 0 atom stereocenters. The molecule has 0 amide bonds. The van der Waals surface area contributed by atoms with E-state index in [0.29, 0.717) is 13.0 Å². The SMILES string of the molecule is O=S(=O)(NCCCn1ccnn1)c1ccc(F)c(CO)c1. The third-order valence-electron chi connectivity index (χ3n) is 2.83. The Morgan fingerprint density at radius 1 is 1.38 bits per heavy atom. The highest BCUT2D eigenvalue weighted by Crippen LogP contribution is 2.15. The van der Waals surface area contributed by atoms with Gasteiger partial charge in [-0.25, -0.2) is 17.5 Å². The number of aryl methyl sites for hydroxylation is 1. The quantitative estimate of drug-likeness (QED) is 0.715. The number of hydrogen-bond acceptors (Lipinski definition) is 5. The number of rotatable bonds is 7. The van der Waals surface area contributed by atoms with Crippen molar-refractivity contribution in [2.45, 2.75) is 24.5 Å². The number of hydrogen-bond donors (Lipinski definition) is 2. The lowest BCUT2D eigenvalue weighted by molar-refractivity contribution is 0.275. The van der Waals surface area contributed by atoms with E-state index in [9.17, 15) is 12.8 Å². The zero-order chi connectivity index (χ0) is 15.3. The predicted molar refractivity (Wildman–Crippen MR) is 72.2 cm³/mol. The fourth-order valence-corrected chi connectivity index (χ4v) is 2.85. The molecule has 1 aromatic carbocycles. The fraction of sp³-hybridized carbons (Fsp3) is 0.333. The second-order valence-electron chi connectivity index (χ2n) is 4.33. The van der Waals surface area contributed by atoms with Crippen LogP contribution < -0.4 is 4.72 Å². The summed E-state index contributed by atoms with van der Waals surface area (Å²) in [6.45, 7) is 0.198. The van der Waals surface area contributed by atoms with E-state index in [2.05, 4.69) is 15.0 Å². The molecular formula is C12H15FN4O3S. The van der Waals surface area contributed by atoms with Crippen molar-refractivity contribution in [3.8, 4) is 0 Å². The third kappa shape index (κ3) is 4.06. The van der Waals surface area contributed by atoms with Crippen molar-refractivity contribution in [1.82, 2.24) is 19.7 Å². The molecular weight excluding hydrogens is 299 g/mol. The summed E-state index contributed by atoms with van der Waals surface area (Å²) in [5.41, 5.74) is -0.0551. The summed E-state index contributed by atoms with van der Waals surface area (Å²) in [7, 11) is -3.72. The highest BCUT2D eigenvalue weighted by atomic mass is 32.2. The molecule has 2 rings (SSSR count). The Morgan fingerprint density at radius 2 is 2.19 bits per heavy atom. The van der Waals surface area contributed by atoms with Gasteiger partial charge in [-0.05, 0) is 24.6 Å². The molecule has 0 unspecified atom stereocenters. The summed E-state index contributed by atoms with van der Waals surface area (Å²) in [5, 5.41) is 16.4. The monoisotopic (exact) mass is 314 g/mol. The first kappa shape index (κ1) is 15.5. The number of aliphatic hydroxyl groups is 1. The average Bonchev–Trinajstić information content (AvgIpc) is 2.97. The van der Waals surface area contributed by atoms with Crippen molar-refractivity contribution in [3.05, 3.63) is 42.0 Å². The summed E-state index contributed by atoms with van der Waals surface area (Å²) >= 11 is 0. The highest BCUT2D eigenvalue weighted by molar-refractivity contribution is 7.89. The topological polar surface area (TPSA) is 97.1 Å². The first-order chi connectivity index (χ1) is 10.0. The van der Waals surface area contributed by atoms with E-state index in [-0.39, 0.29) is 17.0 Å². The maximum absolute atomic E-state index is 13.2. The maximum atomic E-state index is 13.2. The predicted octanol–water partition coefficient (Wildman–Crippen LogP) is 0.278. The lowest BCUT2D eigenvalue weighted by atomic mass is 10.2. The Hall–Kier alpha value is -1.84. The van der Waals surface area contributed by atoms with Crippen LogP contribution in [0.15, 0.2) is 35.5 Å². The van der Waals surface area contributed by atoms with Gasteiger partial charge < -0.3 is 5.11 Å². The molecule has 0 fully saturated rings. The average molecular weight is 314 g/mol. The molecule has 21 heavy (non-hydrogen) atoms. The van der Waals surface area contributed by atoms with E-state index in [1.165, 1.54) is 0 Å². The normalized spacial score (nSPS) is 11.7. The number of nitrogens with zero attached hydrogens (tertiary/aromatic N) is 3. The van der Waals surface area contributed by atoms with Gasteiger partial charge in [0.15, 0.2) is 0 Å². The van der Waals surface area contributed by atoms with Crippen molar-refractivity contribution in [2.24, 2.45) is 0 Å². The lowest BCUT2D eigenvalue weighted by Gasteiger charge is -2.08. The Balaban J connectivity index is 1.95. The van der Waals surface area contributed by atoms with Crippen LogP contribution in [0.4, 0.5) is 4.39 Å². The first-order valence-electron chi connectivity index (χ1n) is 6.26. The van der Waals surface area contributed by atoms with Crippen molar-refractivity contribution in [3.63, 3.8) is 0 Å². The van der Waals surface area contributed by atoms with Gasteiger partial charge in [-0.2, -0.15) is 0 Å². The molecule has 0 bridgehead atoms. The molecule has 0 radical (unpaired) electrons. The second kappa shape index (κ2) is 6.74. The summed E-state index contributed by atoms with van der Waals surface area (Å²) in [5.74, 6) is -0.636. The van der Waals surface area contributed by atoms with Crippen LogP contribution in [0.2, 0.25) is 0 Å². The minimum absolute atomic E-state index is 0.0551. The van der Waals surface area contributed by atoms with Gasteiger partial charge in [0.2, 0.25) is 10.0 Å². The number of sulfonamides is 1. The Labute approximate surface area is 121 Å². The minimum Gasteiger partial charge on any atom is -0.392 e.